The van der Waals surface area contributed by atoms with Gasteiger partial charge in [0, 0.05) is 19.5 Å². The average molecular weight is 260 g/mol. The molecule has 16 heavy (non-hydrogen) atoms. The van der Waals surface area contributed by atoms with Gasteiger partial charge in [-0.15, -0.1) is 11.6 Å². The number of nitrogens with zero attached hydrogens (tertiary/aromatic N) is 1. The largest absolute Gasteiger partial charge is 0.345 e. The Bertz CT molecular complexity index is 300. The molecule has 0 fully saturated rings. The minimum atomic E-state index is 0.198. The minimum Gasteiger partial charge on any atom is -0.345 e. The molecule has 0 aliphatic rings. The summed E-state index contributed by atoms with van der Waals surface area (Å²) in [6.45, 7) is 0.833. The molecule has 1 heterocycles. The van der Waals surface area contributed by atoms with Crippen LogP contribution >= 0.6 is 22.9 Å². The Hall–Kier alpha value is -0.540. The molecule has 4 heteroatoms. The molecular formula is C12H18ClNOS. The second kappa shape index (κ2) is 7.69. The molecular weight excluding hydrogens is 242 g/mol. The van der Waals surface area contributed by atoms with Crippen LogP contribution < -0.4 is 0 Å². The zero-order valence-corrected chi connectivity index (χ0v) is 11.2. The average Bonchev–Trinajstić information content (AvgIpc) is 2.76. The van der Waals surface area contributed by atoms with Crippen LogP contribution in [0.4, 0.5) is 0 Å². The third-order valence-corrected chi connectivity index (χ3v) is 3.49. The Labute approximate surface area is 106 Å². The number of halogens is 1. The molecule has 1 amide bonds. The number of thiophene rings is 1. The lowest BCUT2D eigenvalue weighted by Gasteiger charge is -2.16. The van der Waals surface area contributed by atoms with Crippen molar-refractivity contribution in [1.82, 2.24) is 4.90 Å². The van der Waals surface area contributed by atoms with Gasteiger partial charge in [-0.05, 0) is 35.2 Å². The lowest BCUT2D eigenvalue weighted by Crippen LogP contribution is -2.29. The standard InChI is InChI=1S/C12H18ClNOS/c1-14(7-4-2-3-6-13)12(15)9-11-5-8-16-10-11/h5,8,10H,2-4,6-7,9H2,1H3. The van der Waals surface area contributed by atoms with E-state index in [1.54, 1.807) is 11.3 Å². The number of alkyl halides is 1. The van der Waals surface area contributed by atoms with Crippen LogP contribution in [0.15, 0.2) is 16.8 Å². The first kappa shape index (κ1) is 13.5. The number of amides is 1. The van der Waals surface area contributed by atoms with E-state index in [0.717, 1.165) is 31.4 Å². The van der Waals surface area contributed by atoms with Gasteiger partial charge in [-0.1, -0.05) is 6.42 Å². The maximum Gasteiger partial charge on any atom is 0.226 e. The fourth-order valence-electron chi connectivity index (χ4n) is 1.45. The number of carbonyl (C=O) groups is 1. The van der Waals surface area contributed by atoms with Gasteiger partial charge in [0.2, 0.25) is 5.91 Å². The van der Waals surface area contributed by atoms with E-state index in [4.69, 9.17) is 11.6 Å². The van der Waals surface area contributed by atoms with Crippen LogP contribution in [0.25, 0.3) is 0 Å². The SMILES string of the molecule is CN(CCCCCCl)C(=O)Cc1ccsc1. The predicted octanol–water partition coefficient (Wildman–Crippen LogP) is 3.16. The van der Waals surface area contributed by atoms with E-state index in [-0.39, 0.29) is 5.91 Å². The van der Waals surface area contributed by atoms with Crippen LogP contribution in [0.1, 0.15) is 24.8 Å². The Kier molecular flexibility index (Phi) is 6.50. The van der Waals surface area contributed by atoms with Gasteiger partial charge in [0.1, 0.15) is 0 Å². The maximum atomic E-state index is 11.8. The van der Waals surface area contributed by atoms with Crippen molar-refractivity contribution < 1.29 is 4.79 Å². The van der Waals surface area contributed by atoms with Gasteiger partial charge in [-0.25, -0.2) is 0 Å². The number of hydrogen-bond donors (Lipinski definition) is 0. The molecule has 90 valence electrons. The highest BCUT2D eigenvalue weighted by Crippen LogP contribution is 2.08. The monoisotopic (exact) mass is 259 g/mol. The summed E-state index contributed by atoms with van der Waals surface area (Å²) >= 11 is 7.23. The first-order valence-electron chi connectivity index (χ1n) is 5.55. The van der Waals surface area contributed by atoms with Crippen molar-refractivity contribution in [2.24, 2.45) is 0 Å². The molecule has 1 rings (SSSR count). The van der Waals surface area contributed by atoms with E-state index >= 15 is 0 Å². The van der Waals surface area contributed by atoms with Crippen molar-refractivity contribution in [2.75, 3.05) is 19.5 Å². The first-order valence-corrected chi connectivity index (χ1v) is 7.02. The quantitative estimate of drug-likeness (QED) is 0.544. The summed E-state index contributed by atoms with van der Waals surface area (Å²) < 4.78 is 0. The van der Waals surface area contributed by atoms with Crippen LogP contribution in [0.2, 0.25) is 0 Å². The second-order valence-corrected chi connectivity index (χ2v) is 5.03. The molecule has 0 N–H and O–H groups in total. The predicted molar refractivity (Wildman–Crippen MR) is 70.2 cm³/mol. The highest BCUT2D eigenvalue weighted by Gasteiger charge is 2.09. The van der Waals surface area contributed by atoms with Gasteiger partial charge >= 0.3 is 0 Å². The Morgan fingerprint density at radius 1 is 1.44 bits per heavy atom. The topological polar surface area (TPSA) is 20.3 Å². The number of hydrogen-bond acceptors (Lipinski definition) is 2. The van der Waals surface area contributed by atoms with Crippen LogP contribution in [0.5, 0.6) is 0 Å². The Balaban J connectivity index is 2.20. The number of unbranched alkanes of at least 4 members (excludes halogenated alkanes) is 2. The fraction of sp³-hybridized carbons (Fsp3) is 0.583. The van der Waals surface area contributed by atoms with E-state index in [1.807, 2.05) is 28.8 Å². The zero-order chi connectivity index (χ0) is 11.8. The summed E-state index contributed by atoms with van der Waals surface area (Å²) in [5.74, 6) is 0.913. The first-order chi connectivity index (χ1) is 7.74. The molecule has 0 radical (unpaired) electrons. The van der Waals surface area contributed by atoms with Crippen molar-refractivity contribution in [3.8, 4) is 0 Å². The smallest absolute Gasteiger partial charge is 0.226 e. The summed E-state index contributed by atoms with van der Waals surface area (Å²) in [7, 11) is 1.87. The molecule has 1 aromatic rings. The molecule has 0 aromatic carbocycles. The molecule has 2 nitrogen and oxygen atoms in total. The maximum absolute atomic E-state index is 11.8. The third-order valence-electron chi connectivity index (χ3n) is 2.49. The lowest BCUT2D eigenvalue weighted by molar-refractivity contribution is -0.129. The number of rotatable bonds is 7. The van der Waals surface area contributed by atoms with Crippen LogP contribution in [0.3, 0.4) is 0 Å². The number of carbonyl (C=O) groups excluding carboxylic acids is 1. The molecule has 1 aromatic heterocycles. The van der Waals surface area contributed by atoms with Gasteiger partial charge in [-0.2, -0.15) is 11.3 Å². The van der Waals surface area contributed by atoms with E-state index in [1.165, 1.54) is 0 Å². The molecule has 0 spiro atoms. The van der Waals surface area contributed by atoms with Crippen LogP contribution in [0, 0.1) is 0 Å². The molecule has 0 aliphatic heterocycles. The zero-order valence-electron chi connectivity index (χ0n) is 9.62. The van der Waals surface area contributed by atoms with Crippen molar-refractivity contribution >= 4 is 28.8 Å². The highest BCUT2D eigenvalue weighted by atomic mass is 35.5. The van der Waals surface area contributed by atoms with Gasteiger partial charge in [-0.3, -0.25) is 4.79 Å². The molecule has 0 saturated heterocycles. The molecule has 0 unspecified atom stereocenters. The number of likely N-dealkylation sites (N-methyl/N-ethyl adjacent to an activating group) is 1. The summed E-state index contributed by atoms with van der Waals surface area (Å²) in [6.07, 6.45) is 3.70. The summed E-state index contributed by atoms with van der Waals surface area (Å²) in [4.78, 5) is 13.6. The second-order valence-electron chi connectivity index (χ2n) is 3.87. The molecule has 0 aliphatic carbocycles. The summed E-state index contributed by atoms with van der Waals surface area (Å²) in [6, 6.07) is 2.00. The lowest BCUT2D eigenvalue weighted by atomic mass is 10.2. The molecule has 0 bridgehead atoms. The fourth-order valence-corrected chi connectivity index (χ4v) is 2.31. The van der Waals surface area contributed by atoms with Gasteiger partial charge in [0.25, 0.3) is 0 Å². The van der Waals surface area contributed by atoms with Crippen LogP contribution in [-0.4, -0.2) is 30.3 Å². The van der Waals surface area contributed by atoms with E-state index in [9.17, 15) is 4.79 Å². The normalized spacial score (nSPS) is 10.4. The van der Waals surface area contributed by atoms with E-state index in [2.05, 4.69) is 0 Å². The minimum absolute atomic E-state index is 0.198. The van der Waals surface area contributed by atoms with Crippen molar-refractivity contribution in [2.45, 2.75) is 25.7 Å². The van der Waals surface area contributed by atoms with Gasteiger partial charge < -0.3 is 4.90 Å². The summed E-state index contributed by atoms with van der Waals surface area (Å²) in [5.41, 5.74) is 1.11. The highest BCUT2D eigenvalue weighted by molar-refractivity contribution is 7.07. The van der Waals surface area contributed by atoms with Crippen molar-refractivity contribution in [3.63, 3.8) is 0 Å². The summed E-state index contributed by atoms with van der Waals surface area (Å²) in [5, 5.41) is 4.03. The third kappa shape index (κ3) is 4.99. The van der Waals surface area contributed by atoms with Crippen molar-refractivity contribution in [3.05, 3.63) is 22.4 Å². The van der Waals surface area contributed by atoms with Crippen molar-refractivity contribution in [1.29, 1.82) is 0 Å². The molecule has 0 atom stereocenters. The van der Waals surface area contributed by atoms with Gasteiger partial charge in [0.15, 0.2) is 0 Å². The van der Waals surface area contributed by atoms with Crippen LogP contribution in [-0.2, 0) is 11.2 Å². The van der Waals surface area contributed by atoms with Gasteiger partial charge in [0.05, 0.1) is 6.42 Å². The van der Waals surface area contributed by atoms with E-state index < -0.39 is 0 Å². The van der Waals surface area contributed by atoms with E-state index in [0.29, 0.717) is 12.3 Å². The Morgan fingerprint density at radius 2 is 2.25 bits per heavy atom. The molecule has 0 saturated carbocycles. The Morgan fingerprint density at radius 3 is 2.88 bits per heavy atom.